The summed E-state index contributed by atoms with van der Waals surface area (Å²) in [6.45, 7) is 0.416. The Kier molecular flexibility index (Phi) is 4.79. The normalized spacial score (nSPS) is 19.3. The lowest BCUT2D eigenvalue weighted by atomic mass is 9.94. The predicted molar refractivity (Wildman–Crippen MR) is 89.2 cm³/mol. The highest BCUT2D eigenvalue weighted by molar-refractivity contribution is 6.12. The van der Waals surface area contributed by atoms with Crippen LogP contribution in [0.5, 0.6) is 5.75 Å². The van der Waals surface area contributed by atoms with E-state index in [9.17, 15) is 14.4 Å². The SMILES string of the molecule is O=C1N[C@H](C(=O)O)CC1C(=O)c1ccc(OCc2ccccc2)cc1. The average Bonchev–Trinajstić information content (AvgIpc) is 3.03. The Bertz CT molecular complexity index is 785. The lowest BCUT2D eigenvalue weighted by Gasteiger charge is -2.09. The number of carbonyl (C=O) groups is 3. The first-order valence-electron chi connectivity index (χ1n) is 7.89. The molecule has 0 aromatic heterocycles. The van der Waals surface area contributed by atoms with E-state index >= 15 is 0 Å². The van der Waals surface area contributed by atoms with Crippen LogP contribution in [-0.4, -0.2) is 28.8 Å². The summed E-state index contributed by atoms with van der Waals surface area (Å²) in [6.07, 6.45) is -0.0285. The number of amides is 1. The molecule has 1 heterocycles. The van der Waals surface area contributed by atoms with Gasteiger partial charge in [0.15, 0.2) is 5.78 Å². The van der Waals surface area contributed by atoms with E-state index in [0.717, 1.165) is 5.56 Å². The van der Waals surface area contributed by atoms with Crippen molar-refractivity contribution in [3.8, 4) is 5.75 Å². The topological polar surface area (TPSA) is 92.7 Å². The largest absolute Gasteiger partial charge is 0.489 e. The molecule has 2 atom stereocenters. The number of hydrogen-bond acceptors (Lipinski definition) is 4. The Morgan fingerprint density at radius 3 is 2.36 bits per heavy atom. The van der Waals surface area contributed by atoms with Crippen LogP contribution in [0.4, 0.5) is 0 Å². The second-order valence-electron chi connectivity index (χ2n) is 5.85. The molecule has 25 heavy (non-hydrogen) atoms. The maximum atomic E-state index is 12.4. The maximum absolute atomic E-state index is 12.4. The molecule has 2 aromatic rings. The number of ether oxygens (including phenoxy) is 1. The summed E-state index contributed by atoms with van der Waals surface area (Å²) in [4.78, 5) is 35.2. The minimum absolute atomic E-state index is 0.0285. The van der Waals surface area contributed by atoms with Crippen LogP contribution in [0.2, 0.25) is 0 Å². The molecule has 1 amide bonds. The molecule has 1 saturated heterocycles. The zero-order chi connectivity index (χ0) is 17.8. The maximum Gasteiger partial charge on any atom is 0.326 e. The Hall–Kier alpha value is -3.15. The second-order valence-corrected chi connectivity index (χ2v) is 5.85. The fraction of sp³-hybridized carbons (Fsp3) is 0.211. The molecule has 0 spiro atoms. The summed E-state index contributed by atoms with van der Waals surface area (Å²) in [5.74, 6) is -2.40. The quantitative estimate of drug-likeness (QED) is 0.620. The van der Waals surface area contributed by atoms with E-state index in [4.69, 9.17) is 9.84 Å². The van der Waals surface area contributed by atoms with Crippen LogP contribution < -0.4 is 10.1 Å². The van der Waals surface area contributed by atoms with Gasteiger partial charge in [0.1, 0.15) is 24.3 Å². The molecule has 128 valence electrons. The first-order valence-corrected chi connectivity index (χ1v) is 7.89. The highest BCUT2D eigenvalue weighted by Gasteiger charge is 2.40. The summed E-state index contributed by atoms with van der Waals surface area (Å²) < 4.78 is 5.65. The van der Waals surface area contributed by atoms with Crippen molar-refractivity contribution < 1.29 is 24.2 Å². The number of hydrogen-bond donors (Lipinski definition) is 2. The molecule has 0 aliphatic carbocycles. The number of carboxylic acid groups (broad SMARTS) is 1. The Morgan fingerprint density at radius 1 is 1.08 bits per heavy atom. The standard InChI is InChI=1S/C19H17NO5/c21-17(15-10-16(19(23)24)20-18(15)22)13-6-8-14(9-7-13)25-11-12-4-2-1-3-5-12/h1-9,15-16H,10-11H2,(H,20,22)(H,23,24)/t15?,16-/m0/s1. The molecule has 1 fully saturated rings. The summed E-state index contributed by atoms with van der Waals surface area (Å²) >= 11 is 0. The van der Waals surface area contributed by atoms with Gasteiger partial charge in [-0.25, -0.2) is 4.79 Å². The monoisotopic (exact) mass is 339 g/mol. The van der Waals surface area contributed by atoms with Crippen LogP contribution in [0.1, 0.15) is 22.3 Å². The van der Waals surface area contributed by atoms with Crippen LogP contribution >= 0.6 is 0 Å². The molecular formula is C19H17NO5. The zero-order valence-electron chi connectivity index (χ0n) is 13.3. The van der Waals surface area contributed by atoms with Gasteiger partial charge in [-0.05, 0) is 36.2 Å². The van der Waals surface area contributed by atoms with Crippen molar-refractivity contribution in [2.24, 2.45) is 5.92 Å². The molecule has 6 nitrogen and oxygen atoms in total. The first-order chi connectivity index (χ1) is 12.0. The molecule has 3 rings (SSSR count). The third-order valence-corrected chi connectivity index (χ3v) is 4.11. The van der Waals surface area contributed by atoms with E-state index in [2.05, 4.69) is 5.32 Å². The van der Waals surface area contributed by atoms with E-state index in [-0.39, 0.29) is 12.2 Å². The molecule has 1 aliphatic heterocycles. The van der Waals surface area contributed by atoms with Gasteiger partial charge in [-0.15, -0.1) is 0 Å². The predicted octanol–water partition coefficient (Wildman–Crippen LogP) is 2.04. The van der Waals surface area contributed by atoms with Gasteiger partial charge in [0.05, 0.1) is 0 Å². The molecule has 2 aromatic carbocycles. The van der Waals surface area contributed by atoms with Crippen molar-refractivity contribution >= 4 is 17.7 Å². The molecule has 0 saturated carbocycles. The van der Waals surface area contributed by atoms with Crippen LogP contribution in [0.15, 0.2) is 54.6 Å². The lowest BCUT2D eigenvalue weighted by Crippen LogP contribution is -2.33. The first kappa shape index (κ1) is 16.7. The Labute approximate surface area is 144 Å². The van der Waals surface area contributed by atoms with E-state index in [1.54, 1.807) is 24.3 Å². The highest BCUT2D eigenvalue weighted by Crippen LogP contribution is 2.22. The van der Waals surface area contributed by atoms with E-state index in [1.165, 1.54) is 0 Å². The number of carbonyl (C=O) groups excluding carboxylic acids is 2. The van der Waals surface area contributed by atoms with Crippen molar-refractivity contribution in [3.05, 3.63) is 65.7 Å². The highest BCUT2D eigenvalue weighted by atomic mass is 16.5. The average molecular weight is 339 g/mol. The summed E-state index contributed by atoms with van der Waals surface area (Å²) in [6, 6.07) is 15.2. The van der Waals surface area contributed by atoms with Crippen molar-refractivity contribution in [2.45, 2.75) is 19.1 Å². The van der Waals surface area contributed by atoms with Gasteiger partial charge in [-0.1, -0.05) is 30.3 Å². The van der Waals surface area contributed by atoms with Gasteiger partial charge in [-0.2, -0.15) is 0 Å². The van der Waals surface area contributed by atoms with Gasteiger partial charge in [0.2, 0.25) is 5.91 Å². The molecule has 6 heteroatoms. The molecule has 2 N–H and O–H groups in total. The Morgan fingerprint density at radius 2 is 1.76 bits per heavy atom. The number of Topliss-reactive ketones (excluding diaryl/α,β-unsaturated/α-hetero) is 1. The third kappa shape index (κ3) is 3.85. The third-order valence-electron chi connectivity index (χ3n) is 4.11. The van der Waals surface area contributed by atoms with Crippen LogP contribution in [0.3, 0.4) is 0 Å². The molecule has 0 radical (unpaired) electrons. The molecule has 0 bridgehead atoms. The number of ketones is 1. The van der Waals surface area contributed by atoms with Gasteiger partial charge in [0.25, 0.3) is 0 Å². The number of rotatable bonds is 6. The minimum atomic E-state index is -1.13. The number of benzene rings is 2. The molecular weight excluding hydrogens is 322 g/mol. The zero-order valence-corrected chi connectivity index (χ0v) is 13.3. The number of carboxylic acids is 1. The summed E-state index contributed by atoms with van der Waals surface area (Å²) in [5, 5.41) is 11.3. The van der Waals surface area contributed by atoms with Gasteiger partial charge in [0, 0.05) is 5.56 Å². The molecule has 1 aliphatic rings. The van der Waals surface area contributed by atoms with Crippen LogP contribution in [-0.2, 0) is 16.2 Å². The van der Waals surface area contributed by atoms with Crippen LogP contribution in [0, 0.1) is 5.92 Å². The van der Waals surface area contributed by atoms with Crippen molar-refractivity contribution in [1.82, 2.24) is 5.32 Å². The van der Waals surface area contributed by atoms with Crippen molar-refractivity contribution in [1.29, 1.82) is 0 Å². The van der Waals surface area contributed by atoms with Crippen molar-refractivity contribution in [2.75, 3.05) is 0 Å². The van der Waals surface area contributed by atoms with E-state index < -0.39 is 23.8 Å². The van der Waals surface area contributed by atoms with Crippen molar-refractivity contribution in [3.63, 3.8) is 0 Å². The van der Waals surface area contributed by atoms with Crippen LogP contribution in [0.25, 0.3) is 0 Å². The fourth-order valence-corrected chi connectivity index (χ4v) is 2.72. The smallest absolute Gasteiger partial charge is 0.326 e. The van der Waals surface area contributed by atoms with E-state index in [0.29, 0.717) is 17.9 Å². The van der Waals surface area contributed by atoms with Gasteiger partial charge >= 0.3 is 5.97 Å². The molecule has 1 unspecified atom stereocenters. The Balaban J connectivity index is 1.63. The van der Waals surface area contributed by atoms with Gasteiger partial charge in [-0.3, -0.25) is 9.59 Å². The summed E-state index contributed by atoms with van der Waals surface area (Å²) in [7, 11) is 0. The lowest BCUT2D eigenvalue weighted by molar-refractivity contribution is -0.140. The number of nitrogens with one attached hydrogen (secondary N) is 1. The number of aliphatic carboxylic acids is 1. The summed E-state index contributed by atoms with van der Waals surface area (Å²) in [5.41, 5.74) is 1.39. The van der Waals surface area contributed by atoms with E-state index in [1.807, 2.05) is 30.3 Å². The van der Waals surface area contributed by atoms with Gasteiger partial charge < -0.3 is 15.2 Å². The second kappa shape index (κ2) is 7.17. The fourth-order valence-electron chi connectivity index (χ4n) is 2.72. The minimum Gasteiger partial charge on any atom is -0.489 e.